The number of hydrogen-bond donors (Lipinski definition) is 0. The summed E-state index contributed by atoms with van der Waals surface area (Å²) in [7, 11) is 0. The van der Waals surface area contributed by atoms with Crippen LogP contribution < -0.4 is 4.90 Å². The van der Waals surface area contributed by atoms with Crippen molar-refractivity contribution in [2.75, 3.05) is 4.90 Å². The van der Waals surface area contributed by atoms with Gasteiger partial charge in [0.2, 0.25) is 0 Å². The molecule has 0 fully saturated rings. The summed E-state index contributed by atoms with van der Waals surface area (Å²) in [5.74, 6) is 0. The van der Waals surface area contributed by atoms with Gasteiger partial charge >= 0.3 is 0 Å². The van der Waals surface area contributed by atoms with Crippen molar-refractivity contribution in [3.63, 3.8) is 0 Å². The van der Waals surface area contributed by atoms with Crippen LogP contribution in [0, 0.1) is 0 Å². The number of hydrogen-bond acceptors (Lipinski definition) is 1. The second-order valence-corrected chi connectivity index (χ2v) is 16.2. The minimum Gasteiger partial charge on any atom is -0.310 e. The van der Waals surface area contributed by atoms with E-state index < -0.39 is 0 Å². The van der Waals surface area contributed by atoms with Crippen molar-refractivity contribution in [2.24, 2.45) is 0 Å². The smallest absolute Gasteiger partial charge is 0.0541 e. The van der Waals surface area contributed by atoms with Gasteiger partial charge < -0.3 is 9.47 Å². The average molecular weight is 755 g/mol. The third kappa shape index (κ3) is 5.87. The molecule has 0 saturated heterocycles. The zero-order valence-electron chi connectivity index (χ0n) is 33.2. The number of anilines is 3. The molecular formula is C57H42N2. The largest absolute Gasteiger partial charge is 0.310 e. The van der Waals surface area contributed by atoms with Gasteiger partial charge in [0.15, 0.2) is 0 Å². The number of aromatic nitrogens is 1. The first kappa shape index (κ1) is 34.8. The standard InChI is InChI=1S/C57H42N2/c1-57(2)53-37-47(32-34-49(53)50-35-33-48(38-54(50)57)59-55-22-11-9-20-51(55)52-21-10-12-23-56(52)59)58(45-18-7-4-8-19-45)46-30-28-41(29-31-46)40-24-26-42(27-25-40)44-17-13-16-43(36-44)39-14-5-3-6-15-39/h3-38H,1-2H3. The molecule has 2 heteroatoms. The van der Waals surface area contributed by atoms with Gasteiger partial charge in [0.1, 0.15) is 0 Å². The predicted octanol–water partition coefficient (Wildman–Crippen LogP) is 15.6. The first-order valence-corrected chi connectivity index (χ1v) is 20.5. The van der Waals surface area contributed by atoms with E-state index in [9.17, 15) is 0 Å². The molecule has 1 heterocycles. The number of para-hydroxylation sites is 3. The SMILES string of the molecule is CC1(C)c2cc(N(c3ccccc3)c3ccc(-c4ccc(-c5cccc(-c6ccccc6)c5)cc4)cc3)ccc2-c2ccc(-n3c4ccccc4c4ccccc43)cc21. The Balaban J connectivity index is 0.921. The number of rotatable bonds is 7. The summed E-state index contributed by atoms with van der Waals surface area (Å²) in [6, 6.07) is 79.7. The fourth-order valence-electron chi connectivity index (χ4n) is 9.38. The van der Waals surface area contributed by atoms with Crippen molar-refractivity contribution in [1.29, 1.82) is 0 Å². The van der Waals surface area contributed by atoms with Crippen LogP contribution in [-0.4, -0.2) is 4.57 Å². The summed E-state index contributed by atoms with van der Waals surface area (Å²) in [4.78, 5) is 2.38. The third-order valence-corrected chi connectivity index (χ3v) is 12.4. The number of benzene rings is 9. The quantitative estimate of drug-likeness (QED) is 0.157. The Hall–Kier alpha value is -7.42. The average Bonchev–Trinajstić information content (AvgIpc) is 3.75. The third-order valence-electron chi connectivity index (χ3n) is 12.4. The molecule has 0 atom stereocenters. The lowest BCUT2D eigenvalue weighted by Crippen LogP contribution is -2.17. The van der Waals surface area contributed by atoms with E-state index in [1.807, 2.05) is 0 Å². The van der Waals surface area contributed by atoms with Crippen molar-refractivity contribution in [3.05, 3.63) is 230 Å². The molecule has 0 unspecified atom stereocenters. The lowest BCUT2D eigenvalue weighted by atomic mass is 9.82. The first-order valence-electron chi connectivity index (χ1n) is 20.5. The Morgan fingerprint density at radius 2 is 0.780 bits per heavy atom. The topological polar surface area (TPSA) is 8.17 Å². The van der Waals surface area contributed by atoms with Crippen LogP contribution in [0.25, 0.3) is 72.0 Å². The molecule has 11 rings (SSSR count). The summed E-state index contributed by atoms with van der Waals surface area (Å²) < 4.78 is 2.43. The molecule has 0 radical (unpaired) electrons. The van der Waals surface area contributed by atoms with E-state index in [1.165, 1.54) is 83.1 Å². The second-order valence-electron chi connectivity index (χ2n) is 16.2. The van der Waals surface area contributed by atoms with Crippen molar-refractivity contribution in [3.8, 4) is 50.2 Å². The molecule has 0 aliphatic heterocycles. The lowest BCUT2D eigenvalue weighted by Gasteiger charge is -2.28. The van der Waals surface area contributed by atoms with Crippen molar-refractivity contribution >= 4 is 38.9 Å². The van der Waals surface area contributed by atoms with Gasteiger partial charge in [-0.1, -0.05) is 166 Å². The lowest BCUT2D eigenvalue weighted by molar-refractivity contribution is 0.660. The molecule has 2 nitrogen and oxygen atoms in total. The van der Waals surface area contributed by atoms with Gasteiger partial charge in [-0.2, -0.15) is 0 Å². The number of fused-ring (bicyclic) bond motifs is 6. The maximum Gasteiger partial charge on any atom is 0.0541 e. The predicted molar refractivity (Wildman–Crippen MR) is 249 cm³/mol. The van der Waals surface area contributed by atoms with E-state index in [1.54, 1.807) is 0 Å². The molecule has 1 aliphatic rings. The van der Waals surface area contributed by atoms with Crippen molar-refractivity contribution in [1.82, 2.24) is 4.57 Å². The highest BCUT2D eigenvalue weighted by Gasteiger charge is 2.36. The van der Waals surface area contributed by atoms with Gasteiger partial charge in [0, 0.05) is 38.9 Å². The van der Waals surface area contributed by atoms with Crippen LogP contribution in [0.1, 0.15) is 25.0 Å². The summed E-state index contributed by atoms with van der Waals surface area (Å²) >= 11 is 0. The van der Waals surface area contributed by atoms with Gasteiger partial charge in [0.25, 0.3) is 0 Å². The van der Waals surface area contributed by atoms with Crippen LogP contribution in [0.2, 0.25) is 0 Å². The Morgan fingerprint density at radius 1 is 0.339 bits per heavy atom. The van der Waals surface area contributed by atoms with E-state index in [0.717, 1.165) is 17.1 Å². The summed E-state index contributed by atoms with van der Waals surface area (Å²) in [5, 5.41) is 2.56. The highest BCUT2D eigenvalue weighted by atomic mass is 15.1. The van der Waals surface area contributed by atoms with Crippen LogP contribution in [0.3, 0.4) is 0 Å². The molecule has 0 bridgehead atoms. The molecule has 9 aromatic carbocycles. The van der Waals surface area contributed by atoms with Crippen LogP contribution >= 0.6 is 0 Å². The van der Waals surface area contributed by atoms with E-state index in [4.69, 9.17) is 0 Å². The molecule has 1 aromatic heterocycles. The molecular weight excluding hydrogens is 713 g/mol. The van der Waals surface area contributed by atoms with Crippen molar-refractivity contribution in [2.45, 2.75) is 19.3 Å². The summed E-state index contributed by atoms with van der Waals surface area (Å²) in [6.07, 6.45) is 0. The molecule has 59 heavy (non-hydrogen) atoms. The highest BCUT2D eigenvalue weighted by Crippen LogP contribution is 2.51. The molecule has 0 saturated carbocycles. The Bertz CT molecular complexity index is 3100. The van der Waals surface area contributed by atoms with E-state index in [0.29, 0.717) is 0 Å². The minimum absolute atomic E-state index is 0.198. The monoisotopic (exact) mass is 754 g/mol. The van der Waals surface area contributed by atoms with Crippen LogP contribution in [-0.2, 0) is 5.41 Å². The zero-order chi connectivity index (χ0) is 39.5. The summed E-state index contributed by atoms with van der Waals surface area (Å²) in [5.41, 5.74) is 19.5. The van der Waals surface area contributed by atoms with Gasteiger partial charge in [0.05, 0.1) is 11.0 Å². The maximum atomic E-state index is 2.43. The van der Waals surface area contributed by atoms with Crippen LogP contribution in [0.4, 0.5) is 17.1 Å². The minimum atomic E-state index is -0.198. The van der Waals surface area contributed by atoms with Gasteiger partial charge in [-0.25, -0.2) is 0 Å². The van der Waals surface area contributed by atoms with Gasteiger partial charge in [-0.05, 0) is 122 Å². The Morgan fingerprint density at radius 3 is 1.41 bits per heavy atom. The van der Waals surface area contributed by atoms with E-state index >= 15 is 0 Å². The molecule has 280 valence electrons. The van der Waals surface area contributed by atoms with Crippen LogP contribution in [0.15, 0.2) is 218 Å². The zero-order valence-corrected chi connectivity index (χ0v) is 33.2. The molecule has 10 aromatic rings. The van der Waals surface area contributed by atoms with Gasteiger partial charge in [-0.3, -0.25) is 0 Å². The van der Waals surface area contributed by atoms with E-state index in [2.05, 4.69) is 242 Å². The van der Waals surface area contributed by atoms with Crippen molar-refractivity contribution < 1.29 is 0 Å². The second kappa shape index (κ2) is 13.9. The van der Waals surface area contributed by atoms with Crippen LogP contribution in [0.5, 0.6) is 0 Å². The Kier molecular flexibility index (Phi) is 8.20. The molecule has 0 spiro atoms. The summed E-state index contributed by atoms with van der Waals surface area (Å²) in [6.45, 7) is 4.76. The molecule has 0 N–H and O–H groups in total. The fourth-order valence-corrected chi connectivity index (χ4v) is 9.38. The fraction of sp³-hybridized carbons (Fsp3) is 0.0526. The molecule has 1 aliphatic carbocycles. The normalized spacial score (nSPS) is 12.7. The van der Waals surface area contributed by atoms with Gasteiger partial charge in [-0.15, -0.1) is 0 Å². The maximum absolute atomic E-state index is 2.43. The highest BCUT2D eigenvalue weighted by molar-refractivity contribution is 6.09. The first-order chi connectivity index (χ1) is 29.0. The molecule has 0 amide bonds. The Labute approximate surface area is 345 Å². The number of nitrogens with zero attached hydrogens (tertiary/aromatic N) is 2. The van der Waals surface area contributed by atoms with E-state index in [-0.39, 0.29) is 5.41 Å².